The molecular weight excluding hydrogens is 344 g/mol. The van der Waals surface area contributed by atoms with Crippen LogP contribution in [0.2, 0.25) is 0 Å². The third-order valence-electron chi connectivity index (χ3n) is 5.43. The lowest BCUT2D eigenvalue weighted by Crippen LogP contribution is -2.45. The topological polar surface area (TPSA) is 70.8 Å². The minimum absolute atomic E-state index is 0.0153. The van der Waals surface area contributed by atoms with Crippen molar-refractivity contribution in [3.05, 3.63) is 41.8 Å². The van der Waals surface area contributed by atoms with Gasteiger partial charge in [-0.05, 0) is 38.3 Å². The second kappa shape index (κ2) is 7.50. The van der Waals surface area contributed by atoms with Crippen LogP contribution in [0.1, 0.15) is 36.8 Å². The molecule has 0 radical (unpaired) electrons. The van der Waals surface area contributed by atoms with E-state index in [9.17, 15) is 4.79 Å². The number of amides is 2. The van der Waals surface area contributed by atoms with Gasteiger partial charge >= 0.3 is 6.03 Å². The van der Waals surface area contributed by atoms with Crippen LogP contribution in [0, 0.1) is 6.92 Å². The Hall–Kier alpha value is -2.70. The number of carbonyl (C=O) groups is 1. The normalized spacial score (nSPS) is 22.3. The summed E-state index contributed by atoms with van der Waals surface area (Å²) in [4.78, 5) is 17.0. The van der Waals surface area contributed by atoms with E-state index in [0.29, 0.717) is 0 Å². The van der Waals surface area contributed by atoms with Gasteiger partial charge in [-0.1, -0.05) is 17.3 Å². The van der Waals surface area contributed by atoms with Crippen LogP contribution in [0.5, 0.6) is 5.75 Å². The molecule has 2 saturated heterocycles. The highest BCUT2D eigenvalue weighted by Gasteiger charge is 2.34. The monoisotopic (exact) mass is 370 g/mol. The number of carbonyl (C=O) groups excluding carboxylic acids is 1. The highest BCUT2D eigenvalue weighted by Crippen LogP contribution is 2.33. The molecule has 144 valence electrons. The Balaban J connectivity index is 1.39. The maximum atomic E-state index is 12.9. The van der Waals surface area contributed by atoms with Gasteiger partial charge in [0, 0.05) is 31.7 Å². The van der Waals surface area contributed by atoms with Gasteiger partial charge in [-0.15, -0.1) is 0 Å². The first-order valence-electron chi connectivity index (χ1n) is 9.54. The smallest absolute Gasteiger partial charge is 0.318 e. The lowest BCUT2D eigenvalue weighted by Gasteiger charge is -2.25. The predicted molar refractivity (Wildman–Crippen MR) is 102 cm³/mol. The van der Waals surface area contributed by atoms with Crippen LogP contribution in [-0.4, -0.2) is 48.9 Å². The van der Waals surface area contributed by atoms with Gasteiger partial charge in [0.05, 0.1) is 24.5 Å². The van der Waals surface area contributed by atoms with E-state index in [4.69, 9.17) is 9.26 Å². The number of methoxy groups -OCH3 is 1. The molecule has 7 heteroatoms. The van der Waals surface area contributed by atoms with Crippen LogP contribution in [0.4, 0.5) is 10.5 Å². The molecule has 27 heavy (non-hydrogen) atoms. The molecule has 2 aromatic rings. The molecule has 0 saturated carbocycles. The molecular formula is C20H26N4O3. The zero-order valence-corrected chi connectivity index (χ0v) is 15.9. The van der Waals surface area contributed by atoms with Crippen molar-refractivity contribution in [3.8, 4) is 5.75 Å². The standard InChI is InChI=1S/C20H26N4O3/c1-14-12-19(27-22-14)17-7-5-10-24(17)20(25)21-15-9-11-23(13-15)16-6-3-4-8-18(16)26-2/h3-4,6,8,12,15,17H,5,7,9-11,13H2,1-2H3,(H,21,25). The van der Waals surface area contributed by atoms with Crippen LogP contribution in [0.25, 0.3) is 0 Å². The molecule has 0 spiro atoms. The van der Waals surface area contributed by atoms with Gasteiger partial charge < -0.3 is 24.4 Å². The van der Waals surface area contributed by atoms with Crippen molar-refractivity contribution in [2.75, 3.05) is 31.6 Å². The number of aryl methyl sites for hydroxylation is 1. The Morgan fingerprint density at radius 1 is 1.30 bits per heavy atom. The number of para-hydroxylation sites is 2. The average molecular weight is 370 g/mol. The minimum Gasteiger partial charge on any atom is -0.495 e. The van der Waals surface area contributed by atoms with Gasteiger partial charge in [-0.2, -0.15) is 0 Å². The summed E-state index contributed by atoms with van der Waals surface area (Å²) in [7, 11) is 1.69. The fourth-order valence-corrected chi connectivity index (χ4v) is 4.09. The third-order valence-corrected chi connectivity index (χ3v) is 5.43. The molecule has 4 rings (SSSR count). The fourth-order valence-electron chi connectivity index (χ4n) is 4.09. The van der Waals surface area contributed by atoms with Crippen LogP contribution in [0.15, 0.2) is 34.9 Å². The number of nitrogens with one attached hydrogen (secondary N) is 1. The quantitative estimate of drug-likeness (QED) is 0.895. The largest absolute Gasteiger partial charge is 0.495 e. The van der Waals surface area contributed by atoms with Crippen LogP contribution in [0.3, 0.4) is 0 Å². The first-order chi connectivity index (χ1) is 13.2. The number of benzene rings is 1. The molecule has 2 fully saturated rings. The summed E-state index contributed by atoms with van der Waals surface area (Å²) >= 11 is 0. The molecule has 7 nitrogen and oxygen atoms in total. The first kappa shape index (κ1) is 17.7. The van der Waals surface area contributed by atoms with Crippen molar-refractivity contribution in [2.45, 2.75) is 38.3 Å². The third kappa shape index (κ3) is 3.59. The van der Waals surface area contributed by atoms with Gasteiger partial charge in [0.25, 0.3) is 0 Å². The molecule has 2 aliphatic rings. The summed E-state index contributed by atoms with van der Waals surface area (Å²) in [6.45, 7) is 4.33. The zero-order valence-electron chi connectivity index (χ0n) is 15.9. The van der Waals surface area contributed by atoms with Crippen molar-refractivity contribution in [1.29, 1.82) is 0 Å². The van der Waals surface area contributed by atoms with Crippen molar-refractivity contribution in [2.24, 2.45) is 0 Å². The summed E-state index contributed by atoms with van der Waals surface area (Å²) in [6.07, 6.45) is 2.82. The van der Waals surface area contributed by atoms with Crippen molar-refractivity contribution >= 4 is 11.7 Å². The van der Waals surface area contributed by atoms with Gasteiger partial charge in [-0.3, -0.25) is 0 Å². The van der Waals surface area contributed by atoms with E-state index >= 15 is 0 Å². The number of hydrogen-bond donors (Lipinski definition) is 1. The number of nitrogens with zero attached hydrogens (tertiary/aromatic N) is 3. The number of likely N-dealkylation sites (tertiary alicyclic amines) is 1. The summed E-state index contributed by atoms with van der Waals surface area (Å²) < 4.78 is 10.9. The van der Waals surface area contributed by atoms with Gasteiger partial charge in [0.1, 0.15) is 5.75 Å². The zero-order chi connectivity index (χ0) is 18.8. The lowest BCUT2D eigenvalue weighted by atomic mass is 10.1. The fraction of sp³-hybridized carbons (Fsp3) is 0.500. The van der Waals surface area contributed by atoms with Crippen molar-refractivity contribution < 1.29 is 14.1 Å². The molecule has 2 unspecified atom stereocenters. The number of rotatable bonds is 4. The van der Waals surface area contributed by atoms with E-state index < -0.39 is 0 Å². The van der Waals surface area contributed by atoms with Gasteiger partial charge in [0.2, 0.25) is 0 Å². The van der Waals surface area contributed by atoms with E-state index in [1.165, 1.54) is 0 Å². The second-order valence-electron chi connectivity index (χ2n) is 7.28. The van der Waals surface area contributed by atoms with Crippen LogP contribution >= 0.6 is 0 Å². The van der Waals surface area contributed by atoms with E-state index in [1.807, 2.05) is 36.1 Å². The Labute approximate surface area is 159 Å². The maximum Gasteiger partial charge on any atom is 0.318 e. The van der Waals surface area contributed by atoms with Gasteiger partial charge in [0.15, 0.2) is 5.76 Å². The van der Waals surface area contributed by atoms with E-state index in [1.54, 1.807) is 7.11 Å². The molecule has 1 N–H and O–H groups in total. The summed E-state index contributed by atoms with van der Waals surface area (Å²) in [6, 6.07) is 10.0. The minimum atomic E-state index is -0.0158. The Morgan fingerprint density at radius 2 is 2.15 bits per heavy atom. The number of hydrogen-bond acceptors (Lipinski definition) is 5. The Kier molecular flexibility index (Phi) is 4.92. The molecule has 0 bridgehead atoms. The molecule has 0 aliphatic carbocycles. The number of ether oxygens (including phenoxy) is 1. The van der Waals surface area contributed by atoms with Crippen molar-refractivity contribution in [1.82, 2.24) is 15.4 Å². The molecule has 2 aliphatic heterocycles. The summed E-state index contributed by atoms with van der Waals surface area (Å²) in [5.41, 5.74) is 1.92. The summed E-state index contributed by atoms with van der Waals surface area (Å²) in [5.74, 6) is 1.65. The van der Waals surface area contributed by atoms with Gasteiger partial charge in [-0.25, -0.2) is 4.79 Å². The predicted octanol–water partition coefficient (Wildman–Crippen LogP) is 3.12. The summed E-state index contributed by atoms with van der Waals surface area (Å²) in [5, 5.41) is 7.17. The molecule has 2 amide bonds. The Morgan fingerprint density at radius 3 is 2.93 bits per heavy atom. The molecule has 2 atom stereocenters. The van der Waals surface area contributed by atoms with E-state index in [2.05, 4.69) is 21.4 Å². The first-order valence-corrected chi connectivity index (χ1v) is 9.54. The Bertz CT molecular complexity index is 806. The SMILES string of the molecule is COc1ccccc1N1CCC(NC(=O)N2CCCC2c2cc(C)no2)C1. The maximum absolute atomic E-state index is 12.9. The molecule has 3 heterocycles. The number of aromatic nitrogens is 1. The van der Waals surface area contributed by atoms with Crippen LogP contribution in [-0.2, 0) is 0 Å². The average Bonchev–Trinajstić information content (AvgIpc) is 3.41. The number of urea groups is 1. The van der Waals surface area contributed by atoms with E-state index in [0.717, 1.165) is 61.8 Å². The molecule has 1 aromatic carbocycles. The highest BCUT2D eigenvalue weighted by atomic mass is 16.5. The van der Waals surface area contributed by atoms with Crippen LogP contribution < -0.4 is 15.0 Å². The van der Waals surface area contributed by atoms with Crippen molar-refractivity contribution in [3.63, 3.8) is 0 Å². The second-order valence-corrected chi connectivity index (χ2v) is 7.28. The molecule has 1 aromatic heterocycles. The highest BCUT2D eigenvalue weighted by molar-refractivity contribution is 5.75. The lowest BCUT2D eigenvalue weighted by molar-refractivity contribution is 0.179. The number of anilines is 1. The van der Waals surface area contributed by atoms with E-state index in [-0.39, 0.29) is 18.1 Å².